The Bertz CT molecular complexity index is 284. The molecule has 5 heteroatoms. The fraction of sp³-hybridized carbons (Fsp3) is 0.846. The van der Waals surface area contributed by atoms with E-state index in [1.165, 1.54) is 6.08 Å². The van der Waals surface area contributed by atoms with E-state index in [1.54, 1.807) is 0 Å². The van der Waals surface area contributed by atoms with Crippen molar-refractivity contribution in [3.8, 4) is 0 Å². The van der Waals surface area contributed by atoms with Crippen LogP contribution in [0.25, 0.3) is 0 Å². The molecule has 1 heterocycles. The summed E-state index contributed by atoms with van der Waals surface area (Å²) in [5.74, 6) is 0.452. The summed E-state index contributed by atoms with van der Waals surface area (Å²) in [4.78, 5) is 2.09. The number of nitrogens with zero attached hydrogens (tertiary/aromatic N) is 1. The number of nitrogens with one attached hydrogen (secondary N) is 1. The second kappa shape index (κ2) is 6.57. The molecule has 0 aliphatic carbocycles. The third-order valence-electron chi connectivity index (χ3n) is 3.10. The molecule has 1 aliphatic rings. The van der Waals surface area contributed by atoms with E-state index in [-0.39, 0.29) is 12.0 Å². The molecule has 0 fully saturated rings. The standard InChI is InChI=1S/C13H23F3N2/c1-10(2)17-8-11(3)9-18-6-4-12(5-7-18)13(14,15)16/h4,10-11,17H,5-9H2,1-3H3. The van der Waals surface area contributed by atoms with Crippen LogP contribution in [0.3, 0.4) is 0 Å². The molecule has 1 unspecified atom stereocenters. The number of hydrogen-bond acceptors (Lipinski definition) is 2. The number of rotatable bonds is 5. The monoisotopic (exact) mass is 264 g/mol. The SMILES string of the molecule is CC(CNC(C)C)CN1CC=C(C(F)(F)F)CC1. The highest BCUT2D eigenvalue weighted by atomic mass is 19.4. The van der Waals surface area contributed by atoms with E-state index in [9.17, 15) is 13.2 Å². The molecule has 1 atom stereocenters. The fourth-order valence-corrected chi connectivity index (χ4v) is 2.08. The molecular weight excluding hydrogens is 241 g/mol. The van der Waals surface area contributed by atoms with E-state index >= 15 is 0 Å². The Hall–Kier alpha value is -0.550. The lowest BCUT2D eigenvalue weighted by Crippen LogP contribution is -2.38. The van der Waals surface area contributed by atoms with Gasteiger partial charge in [0.15, 0.2) is 0 Å². The Morgan fingerprint density at radius 1 is 1.33 bits per heavy atom. The zero-order chi connectivity index (χ0) is 13.8. The maximum Gasteiger partial charge on any atom is 0.412 e. The van der Waals surface area contributed by atoms with E-state index in [1.807, 2.05) is 0 Å². The minimum absolute atomic E-state index is 0.119. The highest BCUT2D eigenvalue weighted by molar-refractivity contribution is 5.13. The van der Waals surface area contributed by atoms with Gasteiger partial charge in [-0.1, -0.05) is 26.8 Å². The van der Waals surface area contributed by atoms with Crippen LogP contribution in [0.1, 0.15) is 27.2 Å². The summed E-state index contributed by atoms with van der Waals surface area (Å²) in [6, 6.07) is 0.450. The largest absolute Gasteiger partial charge is 0.412 e. The summed E-state index contributed by atoms with van der Waals surface area (Å²) in [7, 11) is 0. The molecule has 0 aromatic rings. The van der Waals surface area contributed by atoms with Crippen LogP contribution < -0.4 is 5.32 Å². The zero-order valence-corrected chi connectivity index (χ0v) is 11.3. The number of alkyl halides is 3. The van der Waals surface area contributed by atoms with Gasteiger partial charge >= 0.3 is 6.18 Å². The smallest absolute Gasteiger partial charge is 0.314 e. The second-order valence-corrected chi connectivity index (χ2v) is 5.40. The van der Waals surface area contributed by atoms with Crippen molar-refractivity contribution in [3.05, 3.63) is 11.6 Å². The Balaban J connectivity index is 2.33. The van der Waals surface area contributed by atoms with Gasteiger partial charge in [-0.2, -0.15) is 13.2 Å². The lowest BCUT2D eigenvalue weighted by Gasteiger charge is -2.29. The molecule has 0 aromatic heterocycles. The average molecular weight is 264 g/mol. The van der Waals surface area contributed by atoms with Gasteiger partial charge in [0.1, 0.15) is 0 Å². The van der Waals surface area contributed by atoms with E-state index in [0.29, 0.717) is 25.0 Å². The van der Waals surface area contributed by atoms with E-state index in [2.05, 4.69) is 31.0 Å². The van der Waals surface area contributed by atoms with Gasteiger partial charge in [-0.25, -0.2) is 0 Å². The molecule has 0 bridgehead atoms. The molecular formula is C13H23F3N2. The van der Waals surface area contributed by atoms with Crippen LogP contribution in [0.2, 0.25) is 0 Å². The number of hydrogen-bond donors (Lipinski definition) is 1. The Kier molecular flexibility index (Phi) is 5.66. The molecule has 1 aliphatic heterocycles. The first-order valence-electron chi connectivity index (χ1n) is 6.51. The van der Waals surface area contributed by atoms with Crippen LogP contribution in [0.15, 0.2) is 11.6 Å². The van der Waals surface area contributed by atoms with Gasteiger partial charge in [0.25, 0.3) is 0 Å². The normalized spacial score (nSPS) is 20.1. The highest BCUT2D eigenvalue weighted by Crippen LogP contribution is 2.30. The first kappa shape index (κ1) is 15.5. The summed E-state index contributed by atoms with van der Waals surface area (Å²) in [6.07, 6.45) is -2.70. The minimum atomic E-state index is -4.14. The summed E-state index contributed by atoms with van der Waals surface area (Å²) < 4.78 is 37.3. The molecule has 2 nitrogen and oxygen atoms in total. The van der Waals surface area contributed by atoms with Crippen molar-refractivity contribution in [2.24, 2.45) is 5.92 Å². The van der Waals surface area contributed by atoms with Gasteiger partial charge in [0, 0.05) is 31.2 Å². The Labute approximate surface area is 107 Å². The molecule has 0 spiro atoms. The summed E-state index contributed by atoms with van der Waals surface area (Å²) >= 11 is 0. The van der Waals surface area contributed by atoms with Crippen molar-refractivity contribution >= 4 is 0 Å². The van der Waals surface area contributed by atoms with Crippen LogP contribution in [-0.4, -0.2) is 43.3 Å². The van der Waals surface area contributed by atoms with Crippen molar-refractivity contribution in [1.82, 2.24) is 10.2 Å². The lowest BCUT2D eigenvalue weighted by molar-refractivity contribution is -0.0960. The molecule has 0 aromatic carbocycles. The van der Waals surface area contributed by atoms with Crippen LogP contribution in [-0.2, 0) is 0 Å². The predicted molar refractivity (Wildman–Crippen MR) is 67.5 cm³/mol. The lowest BCUT2D eigenvalue weighted by atomic mass is 10.1. The third-order valence-corrected chi connectivity index (χ3v) is 3.10. The van der Waals surface area contributed by atoms with E-state index in [0.717, 1.165) is 13.1 Å². The van der Waals surface area contributed by atoms with Crippen molar-refractivity contribution < 1.29 is 13.2 Å². The molecule has 0 amide bonds. The fourth-order valence-electron chi connectivity index (χ4n) is 2.08. The molecule has 0 radical (unpaired) electrons. The zero-order valence-electron chi connectivity index (χ0n) is 11.3. The van der Waals surface area contributed by atoms with E-state index < -0.39 is 6.18 Å². The molecule has 0 saturated carbocycles. The summed E-state index contributed by atoms with van der Waals surface area (Å²) in [6.45, 7) is 8.99. The quantitative estimate of drug-likeness (QED) is 0.768. The number of halogens is 3. The van der Waals surface area contributed by atoms with Crippen LogP contribution in [0.4, 0.5) is 13.2 Å². The Morgan fingerprint density at radius 3 is 2.44 bits per heavy atom. The van der Waals surface area contributed by atoms with Gasteiger partial charge < -0.3 is 5.32 Å². The predicted octanol–water partition coefficient (Wildman–Crippen LogP) is 2.81. The molecule has 106 valence electrons. The van der Waals surface area contributed by atoms with Gasteiger partial charge in [0.2, 0.25) is 0 Å². The van der Waals surface area contributed by atoms with Gasteiger partial charge in [-0.05, 0) is 18.9 Å². The highest BCUT2D eigenvalue weighted by Gasteiger charge is 2.34. The average Bonchev–Trinajstić information content (AvgIpc) is 2.26. The maximum atomic E-state index is 12.4. The van der Waals surface area contributed by atoms with Crippen molar-refractivity contribution in [3.63, 3.8) is 0 Å². The topological polar surface area (TPSA) is 15.3 Å². The minimum Gasteiger partial charge on any atom is -0.314 e. The molecule has 1 rings (SSSR count). The van der Waals surface area contributed by atoms with Gasteiger partial charge in [0.05, 0.1) is 0 Å². The van der Waals surface area contributed by atoms with Gasteiger partial charge in [-0.3, -0.25) is 4.90 Å². The van der Waals surface area contributed by atoms with Crippen molar-refractivity contribution in [1.29, 1.82) is 0 Å². The van der Waals surface area contributed by atoms with Crippen molar-refractivity contribution in [2.45, 2.75) is 39.4 Å². The summed E-state index contributed by atoms with van der Waals surface area (Å²) in [5.41, 5.74) is -0.369. The Morgan fingerprint density at radius 2 is 2.00 bits per heavy atom. The van der Waals surface area contributed by atoms with Crippen molar-refractivity contribution in [2.75, 3.05) is 26.2 Å². The van der Waals surface area contributed by atoms with Crippen LogP contribution >= 0.6 is 0 Å². The third kappa shape index (κ3) is 5.40. The molecule has 0 saturated heterocycles. The van der Waals surface area contributed by atoms with Gasteiger partial charge in [-0.15, -0.1) is 0 Å². The summed E-state index contributed by atoms with van der Waals surface area (Å²) in [5, 5.41) is 3.35. The first-order chi connectivity index (χ1) is 8.29. The molecule has 18 heavy (non-hydrogen) atoms. The molecule has 1 N–H and O–H groups in total. The van der Waals surface area contributed by atoms with Crippen LogP contribution in [0, 0.1) is 5.92 Å². The second-order valence-electron chi connectivity index (χ2n) is 5.40. The maximum absolute atomic E-state index is 12.4. The first-order valence-corrected chi connectivity index (χ1v) is 6.51. The van der Waals surface area contributed by atoms with E-state index in [4.69, 9.17) is 0 Å². The van der Waals surface area contributed by atoms with Crippen LogP contribution in [0.5, 0.6) is 0 Å².